The molecule has 0 aliphatic rings. The van der Waals surface area contributed by atoms with E-state index in [1.165, 1.54) is 7.11 Å². The van der Waals surface area contributed by atoms with E-state index in [0.717, 1.165) is 5.56 Å². The van der Waals surface area contributed by atoms with Gasteiger partial charge in [0.15, 0.2) is 11.5 Å². The molecule has 0 aromatic heterocycles. The zero-order chi connectivity index (χ0) is 18.7. The number of carbonyl (C=O) groups excluding carboxylic acids is 1. The summed E-state index contributed by atoms with van der Waals surface area (Å²) >= 11 is 0. The van der Waals surface area contributed by atoms with Gasteiger partial charge in [-0.3, -0.25) is 0 Å². The predicted molar refractivity (Wildman–Crippen MR) is 99.0 cm³/mol. The number of aromatic hydroxyl groups is 1. The molecule has 5 heteroatoms. The maximum absolute atomic E-state index is 12.2. The number of hydrogen-bond donors (Lipinski definition) is 1. The van der Waals surface area contributed by atoms with Crippen LogP contribution in [-0.2, 0) is 11.3 Å². The second kappa shape index (κ2) is 7.35. The molecule has 3 aromatic carbocycles. The van der Waals surface area contributed by atoms with Gasteiger partial charge in [0.25, 0.3) is 0 Å². The van der Waals surface area contributed by atoms with Crippen molar-refractivity contribution in [2.24, 2.45) is 0 Å². The quantitative estimate of drug-likeness (QED) is 0.696. The molecule has 0 spiro atoms. The van der Waals surface area contributed by atoms with Gasteiger partial charge in [0.1, 0.15) is 17.9 Å². The van der Waals surface area contributed by atoms with Crippen molar-refractivity contribution >= 4 is 16.7 Å². The summed E-state index contributed by atoms with van der Waals surface area (Å²) in [5.41, 5.74) is 1.68. The third-order valence-electron chi connectivity index (χ3n) is 4.24. The smallest absolute Gasteiger partial charge is 0.342 e. The molecular weight excluding hydrogens is 332 g/mol. The van der Waals surface area contributed by atoms with Crippen molar-refractivity contribution in [3.8, 4) is 17.2 Å². The predicted octanol–water partition coefficient (Wildman–Crippen LogP) is 4.23. The van der Waals surface area contributed by atoms with Crippen LogP contribution in [-0.4, -0.2) is 25.3 Å². The largest absolute Gasteiger partial charge is 0.507 e. The Balaban J connectivity index is 2.17. The molecule has 0 saturated carbocycles. The second-order valence-electron chi connectivity index (χ2n) is 5.87. The number of phenols is 1. The third-order valence-corrected chi connectivity index (χ3v) is 4.24. The lowest BCUT2D eigenvalue weighted by atomic mass is 9.98. The number of benzene rings is 3. The van der Waals surface area contributed by atoms with E-state index in [2.05, 4.69) is 0 Å². The van der Waals surface area contributed by atoms with Crippen LogP contribution in [0.25, 0.3) is 10.8 Å². The van der Waals surface area contributed by atoms with Gasteiger partial charge >= 0.3 is 5.97 Å². The van der Waals surface area contributed by atoms with Gasteiger partial charge < -0.3 is 19.3 Å². The van der Waals surface area contributed by atoms with E-state index in [-0.39, 0.29) is 11.3 Å². The Morgan fingerprint density at radius 2 is 1.77 bits per heavy atom. The van der Waals surface area contributed by atoms with Gasteiger partial charge in [0.2, 0.25) is 0 Å². The first-order valence-corrected chi connectivity index (χ1v) is 8.15. The van der Waals surface area contributed by atoms with Crippen LogP contribution in [0.2, 0.25) is 0 Å². The average Bonchev–Trinajstić information content (AvgIpc) is 2.67. The van der Waals surface area contributed by atoms with E-state index >= 15 is 0 Å². The highest BCUT2D eigenvalue weighted by molar-refractivity contribution is 6.09. The Hall–Kier alpha value is -3.21. The van der Waals surface area contributed by atoms with Crippen molar-refractivity contribution in [3.05, 3.63) is 65.2 Å². The zero-order valence-corrected chi connectivity index (χ0v) is 14.9. The van der Waals surface area contributed by atoms with E-state index in [9.17, 15) is 9.90 Å². The Labute approximate surface area is 151 Å². The Bertz CT molecular complexity index is 948. The monoisotopic (exact) mass is 352 g/mol. The third kappa shape index (κ3) is 3.16. The fraction of sp³-hybridized carbons (Fsp3) is 0.190. The van der Waals surface area contributed by atoms with Crippen molar-refractivity contribution in [1.29, 1.82) is 0 Å². The van der Waals surface area contributed by atoms with E-state index in [1.807, 2.05) is 30.3 Å². The van der Waals surface area contributed by atoms with Gasteiger partial charge in [-0.2, -0.15) is 0 Å². The molecule has 134 valence electrons. The Morgan fingerprint density at radius 1 is 1.04 bits per heavy atom. The highest BCUT2D eigenvalue weighted by Gasteiger charge is 2.22. The molecule has 5 nitrogen and oxygen atoms in total. The number of rotatable bonds is 5. The first-order chi connectivity index (χ1) is 12.6. The van der Waals surface area contributed by atoms with Crippen LogP contribution < -0.4 is 9.47 Å². The molecule has 26 heavy (non-hydrogen) atoms. The van der Waals surface area contributed by atoms with E-state index in [0.29, 0.717) is 34.4 Å². The lowest BCUT2D eigenvalue weighted by molar-refractivity contribution is 0.0599. The molecule has 0 aliphatic heterocycles. The number of hydrogen-bond acceptors (Lipinski definition) is 5. The molecule has 0 unspecified atom stereocenters. The number of phenolic OH excluding ortho intramolecular Hbond substituents is 1. The lowest BCUT2D eigenvalue weighted by Crippen LogP contribution is -2.05. The van der Waals surface area contributed by atoms with Gasteiger partial charge in [0.05, 0.1) is 14.2 Å². The van der Waals surface area contributed by atoms with Crippen LogP contribution in [0.3, 0.4) is 0 Å². The first-order valence-electron chi connectivity index (χ1n) is 8.15. The minimum atomic E-state index is -0.602. The van der Waals surface area contributed by atoms with E-state index in [4.69, 9.17) is 14.2 Å². The van der Waals surface area contributed by atoms with Crippen molar-refractivity contribution in [1.82, 2.24) is 0 Å². The number of fused-ring (bicyclic) bond motifs is 1. The summed E-state index contributed by atoms with van der Waals surface area (Å²) in [5.74, 6) is 0.371. The molecule has 0 bridgehead atoms. The van der Waals surface area contributed by atoms with Crippen LogP contribution in [0.4, 0.5) is 0 Å². The number of methoxy groups -OCH3 is 2. The molecule has 0 heterocycles. The molecule has 3 aromatic rings. The van der Waals surface area contributed by atoms with E-state index < -0.39 is 5.97 Å². The van der Waals surface area contributed by atoms with Crippen molar-refractivity contribution in [3.63, 3.8) is 0 Å². The number of esters is 1. The van der Waals surface area contributed by atoms with Crippen LogP contribution in [0.15, 0.2) is 48.5 Å². The first kappa shape index (κ1) is 17.6. The molecule has 0 atom stereocenters. The average molecular weight is 352 g/mol. The standard InChI is InChI=1S/C21H20O5/c1-13-11-16-15(18(19(13)22)21(23)25-3)9-10-17(24-2)20(16)26-12-14-7-5-4-6-8-14/h4-11,22H,12H2,1-3H3. The summed E-state index contributed by atoms with van der Waals surface area (Å²) in [4.78, 5) is 12.2. The summed E-state index contributed by atoms with van der Waals surface area (Å²) in [7, 11) is 2.84. The van der Waals surface area contributed by atoms with Gasteiger partial charge in [-0.1, -0.05) is 30.3 Å². The Morgan fingerprint density at radius 3 is 2.42 bits per heavy atom. The minimum Gasteiger partial charge on any atom is -0.507 e. The van der Waals surface area contributed by atoms with E-state index in [1.54, 1.807) is 32.2 Å². The fourth-order valence-electron chi connectivity index (χ4n) is 2.90. The maximum atomic E-state index is 12.2. The maximum Gasteiger partial charge on any atom is 0.342 e. The second-order valence-corrected chi connectivity index (χ2v) is 5.87. The van der Waals surface area contributed by atoms with Crippen LogP contribution in [0, 0.1) is 6.92 Å². The van der Waals surface area contributed by atoms with Crippen molar-refractivity contribution in [2.75, 3.05) is 14.2 Å². The normalized spacial score (nSPS) is 10.6. The highest BCUT2D eigenvalue weighted by Crippen LogP contribution is 2.41. The molecule has 0 radical (unpaired) electrons. The summed E-state index contributed by atoms with van der Waals surface area (Å²) in [6.07, 6.45) is 0. The number of carbonyl (C=O) groups is 1. The van der Waals surface area contributed by atoms with Crippen LogP contribution in [0.1, 0.15) is 21.5 Å². The Kier molecular flexibility index (Phi) is 4.98. The highest BCUT2D eigenvalue weighted by atomic mass is 16.5. The summed E-state index contributed by atoms with van der Waals surface area (Å²) in [6, 6.07) is 15.0. The summed E-state index contributed by atoms with van der Waals surface area (Å²) in [6.45, 7) is 2.07. The molecular formula is C21H20O5. The van der Waals surface area contributed by atoms with Crippen LogP contribution >= 0.6 is 0 Å². The zero-order valence-electron chi connectivity index (χ0n) is 14.9. The van der Waals surface area contributed by atoms with Crippen LogP contribution in [0.5, 0.6) is 17.2 Å². The molecule has 0 aliphatic carbocycles. The molecule has 1 N–H and O–H groups in total. The molecule has 0 fully saturated rings. The van der Waals surface area contributed by atoms with Gasteiger partial charge in [-0.05, 0) is 36.2 Å². The molecule has 0 saturated heterocycles. The van der Waals surface area contributed by atoms with Gasteiger partial charge in [0, 0.05) is 10.8 Å². The minimum absolute atomic E-state index is 0.0940. The van der Waals surface area contributed by atoms with Crippen molar-refractivity contribution in [2.45, 2.75) is 13.5 Å². The number of aryl methyl sites for hydroxylation is 1. The SMILES string of the molecule is COC(=O)c1c(O)c(C)cc2c(OCc3ccccc3)c(OC)ccc12. The summed E-state index contributed by atoms with van der Waals surface area (Å²) in [5, 5.41) is 11.6. The van der Waals surface area contributed by atoms with Gasteiger partial charge in [-0.15, -0.1) is 0 Å². The number of ether oxygens (including phenoxy) is 3. The molecule has 0 amide bonds. The van der Waals surface area contributed by atoms with Gasteiger partial charge in [-0.25, -0.2) is 4.79 Å². The topological polar surface area (TPSA) is 65.0 Å². The summed E-state index contributed by atoms with van der Waals surface area (Å²) < 4.78 is 16.3. The lowest BCUT2D eigenvalue weighted by Gasteiger charge is -2.16. The fourth-order valence-corrected chi connectivity index (χ4v) is 2.90. The molecule has 3 rings (SSSR count). The van der Waals surface area contributed by atoms with Crippen molar-refractivity contribution < 1.29 is 24.1 Å².